The first-order chi connectivity index (χ1) is 40.5. The first-order valence-corrected chi connectivity index (χ1v) is 32.8. The molecule has 82 heavy (non-hydrogen) atoms. The second kappa shape index (κ2) is 68.0. The van der Waals surface area contributed by atoms with E-state index in [0.29, 0.717) is 12.8 Å². The molecule has 6 heteroatoms. The van der Waals surface area contributed by atoms with Crippen LogP contribution in [0.2, 0.25) is 0 Å². The Bertz CT molecular complexity index is 1920. The third-order valence-corrected chi connectivity index (χ3v) is 13.1. The summed E-state index contributed by atoms with van der Waals surface area (Å²) >= 11 is 0. The Hall–Kier alpha value is -5.49. The molecule has 0 aliphatic heterocycles. The molecular formula is C76H118O6. The lowest BCUT2D eigenvalue weighted by molar-refractivity contribution is -0.167. The van der Waals surface area contributed by atoms with Crippen LogP contribution >= 0.6 is 0 Å². The summed E-state index contributed by atoms with van der Waals surface area (Å²) in [5, 5.41) is 0. The normalized spacial score (nSPS) is 13.4. The van der Waals surface area contributed by atoms with Gasteiger partial charge in [-0.05, 0) is 161 Å². The first-order valence-electron chi connectivity index (χ1n) is 32.8. The van der Waals surface area contributed by atoms with Crippen molar-refractivity contribution in [2.75, 3.05) is 13.2 Å². The van der Waals surface area contributed by atoms with E-state index in [0.717, 1.165) is 186 Å². The van der Waals surface area contributed by atoms with Gasteiger partial charge in [-0.3, -0.25) is 14.4 Å². The van der Waals surface area contributed by atoms with Crippen molar-refractivity contribution in [3.05, 3.63) is 182 Å². The number of carbonyl (C=O) groups is 3. The van der Waals surface area contributed by atoms with E-state index >= 15 is 0 Å². The molecule has 0 N–H and O–H groups in total. The summed E-state index contributed by atoms with van der Waals surface area (Å²) in [6.07, 6.45) is 102. The van der Waals surface area contributed by atoms with Gasteiger partial charge in [0.15, 0.2) is 6.10 Å². The summed E-state index contributed by atoms with van der Waals surface area (Å²) < 4.78 is 16.9. The van der Waals surface area contributed by atoms with Gasteiger partial charge in [0.2, 0.25) is 0 Å². The number of rotatable bonds is 57. The van der Waals surface area contributed by atoms with Gasteiger partial charge in [-0.25, -0.2) is 0 Å². The van der Waals surface area contributed by atoms with Crippen LogP contribution in [-0.2, 0) is 28.6 Å². The average molecular weight is 1130 g/mol. The maximum absolute atomic E-state index is 12.9. The van der Waals surface area contributed by atoms with Gasteiger partial charge in [-0.1, -0.05) is 261 Å². The molecule has 0 amide bonds. The lowest BCUT2D eigenvalue weighted by atomic mass is 10.1. The zero-order valence-electron chi connectivity index (χ0n) is 52.4. The molecule has 0 aromatic rings. The Morgan fingerprint density at radius 1 is 0.256 bits per heavy atom. The molecule has 0 saturated carbocycles. The maximum atomic E-state index is 12.9. The first kappa shape index (κ1) is 76.5. The van der Waals surface area contributed by atoms with Crippen molar-refractivity contribution in [1.82, 2.24) is 0 Å². The topological polar surface area (TPSA) is 78.9 Å². The molecule has 1 atom stereocenters. The van der Waals surface area contributed by atoms with Crippen LogP contribution in [0.3, 0.4) is 0 Å². The minimum atomic E-state index is -0.825. The van der Waals surface area contributed by atoms with Crippen LogP contribution < -0.4 is 0 Å². The molecule has 0 aromatic carbocycles. The lowest BCUT2D eigenvalue weighted by Crippen LogP contribution is -2.30. The number of unbranched alkanes of at least 4 members (excludes halogenated alkanes) is 16. The number of carbonyl (C=O) groups excluding carboxylic acids is 3. The molecule has 1 unspecified atom stereocenters. The molecule has 0 saturated heterocycles. The van der Waals surface area contributed by atoms with E-state index in [-0.39, 0.29) is 37.5 Å². The summed E-state index contributed by atoms with van der Waals surface area (Å²) in [5.41, 5.74) is 0. The van der Waals surface area contributed by atoms with Crippen molar-refractivity contribution in [3.63, 3.8) is 0 Å². The molecule has 0 fully saturated rings. The Morgan fingerprint density at radius 2 is 0.476 bits per heavy atom. The maximum Gasteiger partial charge on any atom is 0.306 e. The van der Waals surface area contributed by atoms with Crippen molar-refractivity contribution >= 4 is 17.9 Å². The van der Waals surface area contributed by atoms with Crippen LogP contribution in [-0.4, -0.2) is 37.2 Å². The minimum Gasteiger partial charge on any atom is -0.462 e. The molecule has 0 aliphatic carbocycles. The van der Waals surface area contributed by atoms with E-state index in [9.17, 15) is 14.4 Å². The fourth-order valence-corrected chi connectivity index (χ4v) is 8.28. The molecular weight excluding hydrogens is 1010 g/mol. The van der Waals surface area contributed by atoms with Gasteiger partial charge in [0.05, 0.1) is 0 Å². The number of ether oxygens (including phenoxy) is 3. The predicted octanol–water partition coefficient (Wildman–Crippen LogP) is 22.8. The summed E-state index contributed by atoms with van der Waals surface area (Å²) in [4.78, 5) is 38.4. The lowest BCUT2D eigenvalue weighted by Gasteiger charge is -2.18. The SMILES string of the molecule is CC/C=C\C/C=C\C/C=C\C/C=C\C/C=C\C/C=C\C/C=C\CCCCCC(=O)OCC(COC(=O)CCCCCCC/C=C\C/C=C\CCCCCC)OC(=O)CCCCCC/C=C\C/C=C\C/C=C\C/C=C\C/C=C\C/C=C\CC. The van der Waals surface area contributed by atoms with E-state index < -0.39 is 6.10 Å². The minimum absolute atomic E-state index is 0.116. The highest BCUT2D eigenvalue weighted by Crippen LogP contribution is 2.13. The Labute approximate surface area is 504 Å². The van der Waals surface area contributed by atoms with Gasteiger partial charge in [0, 0.05) is 19.3 Å². The molecule has 0 bridgehead atoms. The number of hydrogen-bond donors (Lipinski definition) is 0. The highest BCUT2D eigenvalue weighted by Gasteiger charge is 2.19. The van der Waals surface area contributed by atoms with Gasteiger partial charge in [-0.15, -0.1) is 0 Å². The molecule has 0 rings (SSSR count). The van der Waals surface area contributed by atoms with Crippen LogP contribution in [0.1, 0.15) is 258 Å². The Balaban J connectivity index is 4.56. The van der Waals surface area contributed by atoms with Gasteiger partial charge >= 0.3 is 17.9 Å². The standard InChI is InChI=1S/C76H118O6/c1-4-7-10-13-16-19-22-25-28-31-33-35-37-38-40-41-43-45-48-51-54-57-60-63-66-69-75(78)81-72-73(71-80-74(77)68-65-62-59-56-53-50-47-30-27-24-21-18-15-12-9-6-3)82-76(79)70-67-64-61-58-55-52-49-46-44-42-39-36-34-32-29-26-23-20-17-14-11-8-5-2/h7-8,10-11,16-17,19-21,24-26,28-30,33-36,38,40,42-45,47,49,51-52,54,73H,4-6,9,12-15,18,22-23,27,31-32,37,39,41,46,48,50,53,55-72H2,1-3H3/b10-7-,11-8-,19-16-,20-17-,24-21-,28-25-,29-26-,35-33-,36-34-,40-38-,44-42-,45-43-,47-30-,52-49-,54-51-. The zero-order chi connectivity index (χ0) is 59.2. The van der Waals surface area contributed by atoms with Crippen LogP contribution in [0.4, 0.5) is 0 Å². The van der Waals surface area contributed by atoms with Crippen molar-refractivity contribution in [2.45, 2.75) is 264 Å². The quantitative estimate of drug-likeness (QED) is 0.0261. The second-order valence-electron chi connectivity index (χ2n) is 20.9. The molecule has 0 aromatic heterocycles. The summed E-state index contributed by atoms with van der Waals surface area (Å²) in [7, 11) is 0. The molecule has 458 valence electrons. The van der Waals surface area contributed by atoms with Gasteiger partial charge in [0.25, 0.3) is 0 Å². The highest BCUT2D eigenvalue weighted by molar-refractivity contribution is 5.71. The Morgan fingerprint density at radius 3 is 0.756 bits per heavy atom. The smallest absolute Gasteiger partial charge is 0.306 e. The molecule has 6 nitrogen and oxygen atoms in total. The van der Waals surface area contributed by atoms with E-state index in [1.807, 2.05) is 0 Å². The number of esters is 3. The van der Waals surface area contributed by atoms with E-state index in [1.54, 1.807) is 0 Å². The summed E-state index contributed by atoms with van der Waals surface area (Å²) in [5.74, 6) is -0.993. The zero-order valence-corrected chi connectivity index (χ0v) is 52.4. The molecule has 0 spiro atoms. The monoisotopic (exact) mass is 1130 g/mol. The fourth-order valence-electron chi connectivity index (χ4n) is 8.28. The third-order valence-electron chi connectivity index (χ3n) is 13.1. The van der Waals surface area contributed by atoms with Crippen molar-refractivity contribution in [3.8, 4) is 0 Å². The van der Waals surface area contributed by atoms with Gasteiger partial charge in [-0.2, -0.15) is 0 Å². The Kier molecular flexibility index (Phi) is 63.5. The summed E-state index contributed by atoms with van der Waals surface area (Å²) in [6, 6.07) is 0. The fraction of sp³-hybridized carbons (Fsp3) is 0.566. The van der Waals surface area contributed by atoms with Crippen LogP contribution in [0.15, 0.2) is 182 Å². The van der Waals surface area contributed by atoms with Gasteiger partial charge < -0.3 is 14.2 Å². The van der Waals surface area contributed by atoms with Crippen molar-refractivity contribution < 1.29 is 28.6 Å². The highest BCUT2D eigenvalue weighted by atomic mass is 16.6. The summed E-state index contributed by atoms with van der Waals surface area (Å²) in [6.45, 7) is 6.33. The largest absolute Gasteiger partial charge is 0.462 e. The van der Waals surface area contributed by atoms with Crippen molar-refractivity contribution in [1.29, 1.82) is 0 Å². The van der Waals surface area contributed by atoms with Crippen LogP contribution in [0, 0.1) is 0 Å². The van der Waals surface area contributed by atoms with Crippen LogP contribution in [0.25, 0.3) is 0 Å². The van der Waals surface area contributed by atoms with E-state index in [2.05, 4.69) is 203 Å². The molecule has 0 aliphatic rings. The van der Waals surface area contributed by atoms with Crippen LogP contribution in [0.5, 0.6) is 0 Å². The number of hydrogen-bond acceptors (Lipinski definition) is 6. The predicted molar refractivity (Wildman–Crippen MR) is 357 cm³/mol. The molecule has 0 heterocycles. The van der Waals surface area contributed by atoms with E-state index in [4.69, 9.17) is 14.2 Å². The second-order valence-corrected chi connectivity index (χ2v) is 20.9. The average Bonchev–Trinajstić information content (AvgIpc) is 3.47. The third kappa shape index (κ3) is 65.3. The molecule has 0 radical (unpaired) electrons. The van der Waals surface area contributed by atoms with Gasteiger partial charge in [0.1, 0.15) is 13.2 Å². The van der Waals surface area contributed by atoms with Crippen molar-refractivity contribution in [2.24, 2.45) is 0 Å². The van der Waals surface area contributed by atoms with E-state index in [1.165, 1.54) is 32.1 Å². The number of allylic oxidation sites excluding steroid dienone is 30.